The molecule has 0 bridgehead atoms. The van der Waals surface area contributed by atoms with Crippen molar-refractivity contribution in [2.75, 3.05) is 39.3 Å². The predicted octanol–water partition coefficient (Wildman–Crippen LogP) is 2.19. The van der Waals surface area contributed by atoms with Crippen LogP contribution in [-0.4, -0.2) is 61.0 Å². The Morgan fingerprint density at radius 1 is 1.27 bits per heavy atom. The van der Waals surface area contributed by atoms with Gasteiger partial charge in [0.25, 0.3) is 5.91 Å². The fourth-order valence-electron chi connectivity index (χ4n) is 3.21. The number of aryl methyl sites for hydroxylation is 1. The fraction of sp³-hybridized carbons (Fsp3) is 0.562. The van der Waals surface area contributed by atoms with Gasteiger partial charge in [0.2, 0.25) is 0 Å². The lowest BCUT2D eigenvalue weighted by Crippen LogP contribution is -2.52. The fourth-order valence-corrected chi connectivity index (χ4v) is 3.52. The Balaban J connectivity index is 0.00000176. The summed E-state index contributed by atoms with van der Waals surface area (Å²) in [5, 5.41) is 3.96. The van der Waals surface area contributed by atoms with Crippen LogP contribution in [0, 0.1) is 6.92 Å². The van der Waals surface area contributed by atoms with Crippen LogP contribution in [-0.2, 0) is 0 Å². The lowest BCUT2D eigenvalue weighted by Gasteiger charge is -2.37. The molecule has 6 heteroatoms. The molecule has 1 unspecified atom stereocenters. The molecule has 0 aromatic heterocycles. The van der Waals surface area contributed by atoms with Crippen LogP contribution < -0.4 is 5.32 Å². The van der Waals surface area contributed by atoms with Crippen molar-refractivity contribution in [3.63, 3.8) is 0 Å². The van der Waals surface area contributed by atoms with E-state index in [-0.39, 0.29) is 18.3 Å². The molecule has 2 aliphatic rings. The number of amides is 1. The molecule has 2 saturated heterocycles. The van der Waals surface area contributed by atoms with Crippen molar-refractivity contribution in [3.8, 4) is 0 Å². The molecule has 1 N–H and O–H groups in total. The Hall–Kier alpha value is -0.810. The Morgan fingerprint density at radius 2 is 2.00 bits per heavy atom. The van der Waals surface area contributed by atoms with Gasteiger partial charge < -0.3 is 10.2 Å². The molecular weight excluding hydrogens is 321 g/mol. The van der Waals surface area contributed by atoms with Gasteiger partial charge in [0, 0.05) is 38.8 Å². The van der Waals surface area contributed by atoms with E-state index >= 15 is 0 Å². The molecule has 2 heterocycles. The highest BCUT2D eigenvalue weighted by Gasteiger charge is 2.28. The van der Waals surface area contributed by atoms with E-state index < -0.39 is 0 Å². The number of hydrogen-bond donors (Lipinski definition) is 1. The van der Waals surface area contributed by atoms with Crippen LogP contribution in [0.25, 0.3) is 0 Å². The lowest BCUT2D eigenvalue weighted by molar-refractivity contribution is 0.0584. The zero-order valence-corrected chi connectivity index (χ0v) is 14.4. The number of piperazine rings is 1. The van der Waals surface area contributed by atoms with Crippen molar-refractivity contribution in [2.45, 2.75) is 19.4 Å². The van der Waals surface area contributed by atoms with Crippen molar-refractivity contribution >= 4 is 29.9 Å². The highest BCUT2D eigenvalue weighted by molar-refractivity contribution is 6.33. The number of benzene rings is 1. The molecule has 2 aliphatic heterocycles. The number of rotatable bonds is 2. The molecule has 1 aromatic carbocycles. The van der Waals surface area contributed by atoms with Gasteiger partial charge in [0.1, 0.15) is 0 Å². The monoisotopic (exact) mass is 343 g/mol. The molecule has 1 amide bonds. The van der Waals surface area contributed by atoms with Gasteiger partial charge in [-0.15, -0.1) is 12.4 Å². The number of carbonyl (C=O) groups excluding carboxylic acids is 1. The third kappa shape index (κ3) is 3.74. The molecule has 122 valence electrons. The first kappa shape index (κ1) is 17.5. The summed E-state index contributed by atoms with van der Waals surface area (Å²) < 4.78 is 0. The van der Waals surface area contributed by atoms with Crippen LogP contribution in [0.2, 0.25) is 5.02 Å². The Bertz CT molecular complexity index is 524. The maximum absolute atomic E-state index is 12.6. The molecule has 2 fully saturated rings. The van der Waals surface area contributed by atoms with Gasteiger partial charge >= 0.3 is 0 Å². The normalized spacial score (nSPS) is 22.5. The van der Waals surface area contributed by atoms with E-state index in [0.717, 1.165) is 44.8 Å². The van der Waals surface area contributed by atoms with Gasteiger partial charge in [-0.3, -0.25) is 9.69 Å². The number of hydrogen-bond acceptors (Lipinski definition) is 3. The van der Waals surface area contributed by atoms with Crippen molar-refractivity contribution in [2.24, 2.45) is 0 Å². The first-order valence-electron chi connectivity index (χ1n) is 7.65. The molecule has 0 aliphatic carbocycles. The Morgan fingerprint density at radius 3 is 2.59 bits per heavy atom. The summed E-state index contributed by atoms with van der Waals surface area (Å²) in [5.41, 5.74) is 1.70. The molecule has 0 spiro atoms. The highest BCUT2D eigenvalue weighted by Crippen LogP contribution is 2.21. The second-order valence-electron chi connectivity index (χ2n) is 5.96. The summed E-state index contributed by atoms with van der Waals surface area (Å²) in [6.45, 7) is 7.68. The largest absolute Gasteiger partial charge is 0.336 e. The van der Waals surface area contributed by atoms with E-state index in [1.165, 1.54) is 6.42 Å². The number of nitrogens with one attached hydrogen (secondary N) is 1. The zero-order valence-electron chi connectivity index (χ0n) is 12.8. The van der Waals surface area contributed by atoms with Crippen LogP contribution in [0.3, 0.4) is 0 Å². The van der Waals surface area contributed by atoms with Gasteiger partial charge in [-0.25, -0.2) is 0 Å². The molecular formula is C16H23Cl2N3O. The van der Waals surface area contributed by atoms with Gasteiger partial charge in [0.05, 0.1) is 10.6 Å². The third-order valence-corrected chi connectivity index (χ3v) is 4.82. The minimum atomic E-state index is 0. The maximum atomic E-state index is 12.6. The smallest absolute Gasteiger partial charge is 0.255 e. The summed E-state index contributed by atoms with van der Waals surface area (Å²) in [6.07, 6.45) is 1.22. The number of carbonyl (C=O) groups is 1. The Labute approximate surface area is 143 Å². The van der Waals surface area contributed by atoms with E-state index in [4.69, 9.17) is 11.6 Å². The van der Waals surface area contributed by atoms with Crippen LogP contribution in [0.1, 0.15) is 22.3 Å². The quantitative estimate of drug-likeness (QED) is 0.893. The number of halogens is 2. The minimum absolute atomic E-state index is 0. The maximum Gasteiger partial charge on any atom is 0.255 e. The topological polar surface area (TPSA) is 35.6 Å². The summed E-state index contributed by atoms with van der Waals surface area (Å²) in [6, 6.07) is 6.28. The number of nitrogens with zero attached hydrogens (tertiary/aromatic N) is 2. The van der Waals surface area contributed by atoms with Gasteiger partial charge in [-0.1, -0.05) is 17.7 Å². The standard InChI is InChI=1S/C16H22ClN3O.ClH/c1-12-2-3-14(15(17)10-12)16(21)20-8-6-19(7-9-20)13-4-5-18-11-13;/h2-3,10,13,18H,4-9,11H2,1H3;1H. The molecule has 1 atom stereocenters. The summed E-state index contributed by atoms with van der Waals surface area (Å²) in [5.74, 6) is 0.0594. The van der Waals surface area contributed by atoms with Crippen LogP contribution >= 0.6 is 24.0 Å². The van der Waals surface area contributed by atoms with Gasteiger partial charge in [0.15, 0.2) is 0 Å². The van der Waals surface area contributed by atoms with Crippen LogP contribution in [0.4, 0.5) is 0 Å². The predicted molar refractivity (Wildman–Crippen MR) is 92.2 cm³/mol. The third-order valence-electron chi connectivity index (χ3n) is 4.51. The van der Waals surface area contributed by atoms with E-state index in [0.29, 0.717) is 16.6 Å². The van der Waals surface area contributed by atoms with Gasteiger partial charge in [-0.05, 0) is 37.6 Å². The first-order chi connectivity index (χ1) is 10.1. The summed E-state index contributed by atoms with van der Waals surface area (Å²) >= 11 is 6.21. The van der Waals surface area contributed by atoms with E-state index in [1.54, 1.807) is 0 Å². The zero-order chi connectivity index (χ0) is 14.8. The summed E-state index contributed by atoms with van der Waals surface area (Å²) in [7, 11) is 0. The van der Waals surface area contributed by atoms with Gasteiger partial charge in [-0.2, -0.15) is 0 Å². The molecule has 0 radical (unpaired) electrons. The molecule has 3 rings (SSSR count). The van der Waals surface area contributed by atoms with Crippen LogP contribution in [0.5, 0.6) is 0 Å². The minimum Gasteiger partial charge on any atom is -0.336 e. The van der Waals surface area contributed by atoms with Crippen molar-refractivity contribution in [1.29, 1.82) is 0 Å². The lowest BCUT2D eigenvalue weighted by atomic mass is 10.1. The SMILES string of the molecule is Cc1ccc(C(=O)N2CCN(C3CCNC3)CC2)c(Cl)c1.Cl. The highest BCUT2D eigenvalue weighted by atomic mass is 35.5. The van der Waals surface area contributed by atoms with Crippen molar-refractivity contribution < 1.29 is 4.79 Å². The second kappa shape index (κ2) is 7.64. The Kier molecular flexibility index (Phi) is 6.09. The molecule has 1 aromatic rings. The van der Waals surface area contributed by atoms with Crippen molar-refractivity contribution in [1.82, 2.24) is 15.1 Å². The first-order valence-corrected chi connectivity index (χ1v) is 8.03. The van der Waals surface area contributed by atoms with E-state index in [2.05, 4.69) is 10.2 Å². The molecule has 0 saturated carbocycles. The molecule has 22 heavy (non-hydrogen) atoms. The second-order valence-corrected chi connectivity index (χ2v) is 6.37. The average molecular weight is 344 g/mol. The van der Waals surface area contributed by atoms with E-state index in [1.807, 2.05) is 30.0 Å². The molecule has 4 nitrogen and oxygen atoms in total. The average Bonchev–Trinajstić information content (AvgIpc) is 3.01. The van der Waals surface area contributed by atoms with Crippen molar-refractivity contribution in [3.05, 3.63) is 34.3 Å². The van der Waals surface area contributed by atoms with Crippen LogP contribution in [0.15, 0.2) is 18.2 Å². The van der Waals surface area contributed by atoms with E-state index in [9.17, 15) is 4.79 Å². The summed E-state index contributed by atoms with van der Waals surface area (Å²) in [4.78, 5) is 17.0.